The van der Waals surface area contributed by atoms with Crippen LogP contribution in [0.3, 0.4) is 0 Å². The topological polar surface area (TPSA) is 64.2 Å². The number of nitrogens with two attached hydrogens (primary N) is 1. The van der Waals surface area contributed by atoms with Crippen molar-refractivity contribution in [3.8, 4) is 18.0 Å². The number of aromatic nitrogens is 2. The van der Waals surface area contributed by atoms with Crippen molar-refractivity contribution >= 4 is 17.4 Å². The summed E-state index contributed by atoms with van der Waals surface area (Å²) >= 11 is 6.10. The molecular formula is C26H24ClFN4O. The highest BCUT2D eigenvalue weighted by Gasteiger charge is 2.46. The van der Waals surface area contributed by atoms with Crippen LogP contribution < -0.4 is 16.2 Å². The third-order valence-corrected chi connectivity index (χ3v) is 7.55. The largest absolute Gasteiger partial charge is 0.356 e. The van der Waals surface area contributed by atoms with Gasteiger partial charge in [0, 0.05) is 30.8 Å². The normalized spacial score (nSPS) is 18.9. The van der Waals surface area contributed by atoms with E-state index in [1.54, 1.807) is 13.0 Å². The summed E-state index contributed by atoms with van der Waals surface area (Å²) in [6.07, 6.45) is 8.30. The number of nitrogens with zero attached hydrogens (tertiary/aromatic N) is 3. The summed E-state index contributed by atoms with van der Waals surface area (Å²) < 4.78 is 15.3. The van der Waals surface area contributed by atoms with Crippen LogP contribution in [0.5, 0.6) is 0 Å². The maximum Gasteiger partial charge on any atom is 0.260 e. The lowest BCUT2D eigenvalue weighted by molar-refractivity contribution is 0.187. The quantitative estimate of drug-likeness (QED) is 0.581. The van der Waals surface area contributed by atoms with Crippen molar-refractivity contribution in [2.75, 3.05) is 18.0 Å². The molecule has 1 saturated heterocycles. The van der Waals surface area contributed by atoms with Gasteiger partial charge in [0.25, 0.3) is 5.56 Å². The van der Waals surface area contributed by atoms with Gasteiger partial charge in [0.15, 0.2) is 0 Å². The fourth-order valence-corrected chi connectivity index (χ4v) is 5.54. The zero-order valence-corrected chi connectivity index (χ0v) is 19.1. The maximum atomic E-state index is 13.9. The average molecular weight is 463 g/mol. The number of anilines is 1. The second kappa shape index (κ2) is 8.02. The number of terminal acetylenes is 1. The van der Waals surface area contributed by atoms with Crippen LogP contribution in [0, 0.1) is 30.5 Å². The molecule has 1 aromatic heterocycles. The fourth-order valence-electron chi connectivity index (χ4n) is 5.33. The van der Waals surface area contributed by atoms with Gasteiger partial charge in [-0.15, -0.1) is 6.42 Å². The molecular weight excluding hydrogens is 439 g/mol. The first-order valence-corrected chi connectivity index (χ1v) is 11.4. The van der Waals surface area contributed by atoms with Gasteiger partial charge in [-0.25, -0.2) is 9.37 Å². The van der Waals surface area contributed by atoms with E-state index in [4.69, 9.17) is 23.8 Å². The van der Waals surface area contributed by atoms with E-state index < -0.39 is 5.82 Å². The second-order valence-corrected chi connectivity index (χ2v) is 9.35. The molecule has 0 saturated carbocycles. The number of halogens is 2. The van der Waals surface area contributed by atoms with E-state index in [0.29, 0.717) is 11.6 Å². The second-order valence-electron chi connectivity index (χ2n) is 8.97. The monoisotopic (exact) mass is 462 g/mol. The maximum absolute atomic E-state index is 13.9. The number of fused-ring (bicyclic) bond motifs is 1. The zero-order chi connectivity index (χ0) is 23.3. The third kappa shape index (κ3) is 3.52. The molecule has 1 aliphatic heterocycles. The van der Waals surface area contributed by atoms with Crippen molar-refractivity contribution in [3.63, 3.8) is 0 Å². The van der Waals surface area contributed by atoms with Crippen molar-refractivity contribution in [1.82, 2.24) is 9.55 Å². The van der Waals surface area contributed by atoms with Crippen LogP contribution in [-0.2, 0) is 6.42 Å². The number of benzene rings is 2. The highest BCUT2D eigenvalue weighted by Crippen LogP contribution is 2.51. The van der Waals surface area contributed by atoms with Crippen LogP contribution in [0.2, 0.25) is 5.02 Å². The first-order chi connectivity index (χ1) is 15.8. The number of rotatable bonds is 2. The Morgan fingerprint density at radius 3 is 2.70 bits per heavy atom. The van der Waals surface area contributed by atoms with Crippen LogP contribution in [0.15, 0.2) is 47.3 Å². The number of aryl methyl sites for hydroxylation is 1. The Hall–Kier alpha value is -3.14. The average Bonchev–Trinajstić information content (AvgIpc) is 3.07. The van der Waals surface area contributed by atoms with Crippen molar-refractivity contribution in [3.05, 3.63) is 86.2 Å². The van der Waals surface area contributed by atoms with Crippen LogP contribution in [0.1, 0.15) is 41.4 Å². The van der Waals surface area contributed by atoms with E-state index >= 15 is 0 Å². The molecule has 0 bridgehead atoms. The van der Waals surface area contributed by atoms with Gasteiger partial charge in [-0.05, 0) is 67.0 Å². The molecule has 1 aliphatic carbocycles. The molecule has 3 aromatic rings. The minimum atomic E-state index is -0.575. The Morgan fingerprint density at radius 1 is 1.24 bits per heavy atom. The lowest BCUT2D eigenvalue weighted by Crippen LogP contribution is -2.45. The molecule has 2 aliphatic rings. The summed E-state index contributed by atoms with van der Waals surface area (Å²) in [5, 5.41) is -0.0973. The standard InChI is InChI=1S/C26H24ClFN4O/c1-3-17-7-8-18-15-26(25(29)19(18)13-17)9-11-31(12-10-26)22-14-23(33)32(16(2)30-22)21-6-4-5-20(28)24(21)27/h1,4-8,13-14,25H,9-12,15,29H2,2H3/t25-/m1/s1. The summed E-state index contributed by atoms with van der Waals surface area (Å²) in [7, 11) is 0. The van der Waals surface area contributed by atoms with Crippen molar-refractivity contribution < 1.29 is 4.39 Å². The van der Waals surface area contributed by atoms with Crippen LogP contribution >= 0.6 is 11.6 Å². The molecule has 0 unspecified atom stereocenters. The van der Waals surface area contributed by atoms with Gasteiger partial charge in [0.05, 0.1) is 5.69 Å². The predicted octanol–water partition coefficient (Wildman–Crippen LogP) is 4.16. The number of piperidine rings is 1. The van der Waals surface area contributed by atoms with Gasteiger partial charge in [-0.3, -0.25) is 9.36 Å². The summed E-state index contributed by atoms with van der Waals surface area (Å²) in [6.45, 7) is 3.23. The molecule has 0 radical (unpaired) electrons. The highest BCUT2D eigenvalue weighted by molar-refractivity contribution is 6.32. The Kier molecular flexibility index (Phi) is 5.27. The van der Waals surface area contributed by atoms with Crippen LogP contribution in [0.25, 0.3) is 5.69 Å². The van der Waals surface area contributed by atoms with E-state index in [1.165, 1.54) is 28.3 Å². The summed E-state index contributed by atoms with van der Waals surface area (Å²) in [5.41, 5.74) is 10.00. The predicted molar refractivity (Wildman–Crippen MR) is 128 cm³/mol. The van der Waals surface area contributed by atoms with Gasteiger partial charge in [0.2, 0.25) is 0 Å². The number of hydrogen-bond acceptors (Lipinski definition) is 4. The van der Waals surface area contributed by atoms with Crippen molar-refractivity contribution in [2.45, 2.75) is 32.2 Å². The Labute approximate surface area is 197 Å². The molecule has 2 N–H and O–H groups in total. The smallest absolute Gasteiger partial charge is 0.260 e. The van der Waals surface area contributed by atoms with Gasteiger partial charge in [-0.1, -0.05) is 29.7 Å². The zero-order valence-electron chi connectivity index (χ0n) is 18.3. The molecule has 168 valence electrons. The molecule has 2 aromatic carbocycles. The minimum Gasteiger partial charge on any atom is -0.356 e. The molecule has 5 rings (SSSR count). The van der Waals surface area contributed by atoms with E-state index in [2.05, 4.69) is 21.9 Å². The third-order valence-electron chi connectivity index (χ3n) is 7.18. The summed E-state index contributed by atoms with van der Waals surface area (Å²) in [6, 6.07) is 12.0. The van der Waals surface area contributed by atoms with Crippen LogP contribution in [0.4, 0.5) is 10.2 Å². The molecule has 5 nitrogen and oxygen atoms in total. The van der Waals surface area contributed by atoms with Crippen LogP contribution in [-0.4, -0.2) is 22.6 Å². The lowest BCUT2D eigenvalue weighted by Gasteiger charge is -2.42. The first-order valence-electron chi connectivity index (χ1n) is 11.0. The fraction of sp³-hybridized carbons (Fsp3) is 0.308. The van der Waals surface area contributed by atoms with E-state index in [9.17, 15) is 9.18 Å². The molecule has 1 fully saturated rings. The Balaban J connectivity index is 1.39. The lowest BCUT2D eigenvalue weighted by atomic mass is 9.73. The van der Waals surface area contributed by atoms with Crippen molar-refractivity contribution in [2.24, 2.45) is 11.1 Å². The minimum absolute atomic E-state index is 0.00875. The molecule has 33 heavy (non-hydrogen) atoms. The van der Waals surface area contributed by atoms with Gasteiger partial charge >= 0.3 is 0 Å². The van der Waals surface area contributed by atoms with E-state index in [-0.39, 0.29) is 27.7 Å². The first kappa shape index (κ1) is 21.7. The molecule has 0 amide bonds. The molecule has 1 atom stereocenters. The molecule has 2 heterocycles. The summed E-state index contributed by atoms with van der Waals surface area (Å²) in [5.74, 6) is 3.20. The molecule has 1 spiro atoms. The Morgan fingerprint density at radius 2 is 2.00 bits per heavy atom. The SMILES string of the molecule is C#Cc1ccc2c(c1)[C@@H](N)C1(CCN(c3cc(=O)n(-c4cccc(F)c4Cl)c(C)n3)CC1)C2. The van der Waals surface area contributed by atoms with Gasteiger partial charge < -0.3 is 10.6 Å². The van der Waals surface area contributed by atoms with Gasteiger partial charge in [0.1, 0.15) is 22.5 Å². The Bertz CT molecular complexity index is 1350. The molecule has 7 heteroatoms. The summed E-state index contributed by atoms with van der Waals surface area (Å²) in [4.78, 5) is 19.7. The van der Waals surface area contributed by atoms with Gasteiger partial charge in [-0.2, -0.15) is 0 Å². The number of hydrogen-bond donors (Lipinski definition) is 1. The highest BCUT2D eigenvalue weighted by atomic mass is 35.5. The van der Waals surface area contributed by atoms with Crippen molar-refractivity contribution in [1.29, 1.82) is 0 Å². The van der Waals surface area contributed by atoms with E-state index in [0.717, 1.165) is 43.5 Å². The van der Waals surface area contributed by atoms with E-state index in [1.807, 2.05) is 12.1 Å².